The van der Waals surface area contributed by atoms with E-state index in [2.05, 4.69) is 5.32 Å². The molecule has 1 heterocycles. The van der Waals surface area contributed by atoms with Gasteiger partial charge in [-0.1, -0.05) is 0 Å². The number of phenols is 1. The Morgan fingerprint density at radius 3 is 2.75 bits per heavy atom. The van der Waals surface area contributed by atoms with Crippen molar-refractivity contribution in [2.24, 2.45) is 0 Å². The Bertz CT molecular complexity index is 377. The van der Waals surface area contributed by atoms with E-state index in [1.54, 1.807) is 6.07 Å². The summed E-state index contributed by atoms with van der Waals surface area (Å²) >= 11 is 0. The van der Waals surface area contributed by atoms with E-state index in [0.717, 1.165) is 24.9 Å². The second-order valence-electron chi connectivity index (χ2n) is 4.37. The number of hydrogen-bond acceptors (Lipinski definition) is 3. The molecule has 0 bridgehead atoms. The average Bonchev–Trinajstić information content (AvgIpc) is 2.66. The van der Waals surface area contributed by atoms with Gasteiger partial charge in [-0.2, -0.15) is 0 Å². The molecule has 1 aromatic carbocycles. The van der Waals surface area contributed by atoms with Crippen molar-refractivity contribution in [2.75, 3.05) is 13.7 Å². The van der Waals surface area contributed by atoms with Crippen LogP contribution in [0.25, 0.3) is 0 Å². The molecule has 1 saturated heterocycles. The lowest BCUT2D eigenvalue weighted by Crippen LogP contribution is -2.33. The summed E-state index contributed by atoms with van der Waals surface area (Å²) in [5.74, 6) is -0.759. The first-order valence-corrected chi connectivity index (χ1v) is 5.39. The van der Waals surface area contributed by atoms with E-state index >= 15 is 0 Å². The van der Waals surface area contributed by atoms with Gasteiger partial charge in [0.1, 0.15) is 0 Å². The number of halogens is 1. The number of rotatable bonds is 2. The molecule has 0 aliphatic carbocycles. The predicted octanol–water partition coefficient (Wildman–Crippen LogP) is 2.14. The van der Waals surface area contributed by atoms with Gasteiger partial charge in [0, 0.05) is 5.54 Å². The molecular weight excluding hydrogens is 209 g/mol. The summed E-state index contributed by atoms with van der Waals surface area (Å²) in [5.41, 5.74) is 0.519. The van der Waals surface area contributed by atoms with E-state index in [9.17, 15) is 9.50 Å². The minimum Gasteiger partial charge on any atom is -0.504 e. The second-order valence-corrected chi connectivity index (χ2v) is 4.37. The first kappa shape index (κ1) is 11.2. The highest BCUT2D eigenvalue weighted by atomic mass is 19.1. The van der Waals surface area contributed by atoms with Crippen molar-refractivity contribution < 1.29 is 14.2 Å². The summed E-state index contributed by atoms with van der Waals surface area (Å²) in [6.45, 7) is 2.94. The van der Waals surface area contributed by atoms with Gasteiger partial charge in [-0.3, -0.25) is 0 Å². The molecular formula is C12H16FNO2. The fourth-order valence-corrected chi connectivity index (χ4v) is 2.24. The molecule has 0 spiro atoms. The molecule has 88 valence electrons. The predicted molar refractivity (Wildman–Crippen MR) is 59.2 cm³/mol. The molecule has 16 heavy (non-hydrogen) atoms. The lowest BCUT2D eigenvalue weighted by Gasteiger charge is -2.25. The van der Waals surface area contributed by atoms with Gasteiger partial charge < -0.3 is 15.2 Å². The second kappa shape index (κ2) is 3.94. The number of methoxy groups -OCH3 is 1. The van der Waals surface area contributed by atoms with Gasteiger partial charge in [-0.15, -0.1) is 0 Å². The minimum atomic E-state index is -0.521. The summed E-state index contributed by atoms with van der Waals surface area (Å²) in [7, 11) is 1.34. The molecule has 1 atom stereocenters. The SMILES string of the molecule is COc1c(O)cc(C2(C)CCCN2)cc1F. The highest BCUT2D eigenvalue weighted by molar-refractivity contribution is 5.45. The molecule has 1 aliphatic heterocycles. The summed E-state index contributed by atoms with van der Waals surface area (Å²) in [5, 5.41) is 13.0. The van der Waals surface area contributed by atoms with E-state index in [-0.39, 0.29) is 17.0 Å². The molecule has 0 amide bonds. The summed E-state index contributed by atoms with van der Waals surface area (Å²) in [6, 6.07) is 3.00. The van der Waals surface area contributed by atoms with Crippen molar-refractivity contribution in [1.82, 2.24) is 5.32 Å². The van der Waals surface area contributed by atoms with Crippen LogP contribution in [0.5, 0.6) is 11.5 Å². The van der Waals surface area contributed by atoms with Gasteiger partial charge in [0.15, 0.2) is 17.3 Å². The van der Waals surface area contributed by atoms with Crippen LogP contribution in [-0.4, -0.2) is 18.8 Å². The zero-order valence-corrected chi connectivity index (χ0v) is 9.51. The van der Waals surface area contributed by atoms with Crippen LogP contribution >= 0.6 is 0 Å². The Morgan fingerprint density at radius 1 is 1.50 bits per heavy atom. The highest BCUT2D eigenvalue weighted by Crippen LogP contribution is 2.37. The Labute approximate surface area is 94.2 Å². The molecule has 0 radical (unpaired) electrons. The van der Waals surface area contributed by atoms with Crippen LogP contribution in [-0.2, 0) is 5.54 Å². The van der Waals surface area contributed by atoms with Crippen molar-refractivity contribution in [3.63, 3.8) is 0 Å². The minimum absolute atomic E-state index is 0.0923. The monoisotopic (exact) mass is 225 g/mol. The summed E-state index contributed by atoms with van der Waals surface area (Å²) in [4.78, 5) is 0. The number of benzene rings is 1. The quantitative estimate of drug-likeness (QED) is 0.810. The molecule has 2 N–H and O–H groups in total. The first-order valence-electron chi connectivity index (χ1n) is 5.39. The number of hydrogen-bond donors (Lipinski definition) is 2. The van der Waals surface area contributed by atoms with Crippen LogP contribution < -0.4 is 10.1 Å². The molecule has 2 rings (SSSR count). The van der Waals surface area contributed by atoms with Crippen LogP contribution in [0.1, 0.15) is 25.3 Å². The lowest BCUT2D eigenvalue weighted by atomic mass is 9.90. The third kappa shape index (κ3) is 1.73. The topological polar surface area (TPSA) is 41.5 Å². The van der Waals surface area contributed by atoms with E-state index in [1.807, 2.05) is 6.92 Å². The zero-order chi connectivity index (χ0) is 11.8. The van der Waals surface area contributed by atoms with Crippen molar-refractivity contribution in [3.8, 4) is 11.5 Å². The van der Waals surface area contributed by atoms with Gasteiger partial charge in [0.2, 0.25) is 0 Å². The molecule has 1 unspecified atom stereocenters. The van der Waals surface area contributed by atoms with Crippen molar-refractivity contribution in [3.05, 3.63) is 23.5 Å². The molecule has 0 aromatic heterocycles. The lowest BCUT2D eigenvalue weighted by molar-refractivity contribution is 0.346. The molecule has 1 aliphatic rings. The standard InChI is InChI=1S/C12H16FNO2/c1-12(4-3-5-14-12)8-6-9(13)11(16-2)10(15)7-8/h6-7,14-15H,3-5H2,1-2H3. The molecule has 1 fully saturated rings. The zero-order valence-electron chi connectivity index (χ0n) is 9.51. The maximum atomic E-state index is 13.6. The van der Waals surface area contributed by atoms with Crippen LogP contribution in [0.3, 0.4) is 0 Å². The van der Waals surface area contributed by atoms with Crippen LogP contribution in [0, 0.1) is 5.82 Å². The molecule has 3 nitrogen and oxygen atoms in total. The number of ether oxygens (including phenoxy) is 1. The molecule has 4 heteroatoms. The summed E-state index contributed by atoms with van der Waals surface area (Å²) < 4.78 is 18.4. The van der Waals surface area contributed by atoms with Crippen molar-refractivity contribution in [1.29, 1.82) is 0 Å². The number of nitrogens with one attached hydrogen (secondary N) is 1. The fraction of sp³-hybridized carbons (Fsp3) is 0.500. The van der Waals surface area contributed by atoms with E-state index < -0.39 is 5.82 Å². The van der Waals surface area contributed by atoms with Crippen molar-refractivity contribution in [2.45, 2.75) is 25.3 Å². The smallest absolute Gasteiger partial charge is 0.196 e. The fourth-order valence-electron chi connectivity index (χ4n) is 2.24. The van der Waals surface area contributed by atoms with Crippen LogP contribution in [0.2, 0.25) is 0 Å². The third-order valence-corrected chi connectivity index (χ3v) is 3.23. The largest absolute Gasteiger partial charge is 0.504 e. The number of aromatic hydroxyl groups is 1. The van der Waals surface area contributed by atoms with Gasteiger partial charge in [-0.25, -0.2) is 4.39 Å². The Morgan fingerprint density at radius 2 is 2.25 bits per heavy atom. The summed E-state index contributed by atoms with van der Waals surface area (Å²) in [6.07, 6.45) is 2.00. The van der Waals surface area contributed by atoms with Gasteiger partial charge in [0.25, 0.3) is 0 Å². The third-order valence-electron chi connectivity index (χ3n) is 3.23. The normalized spacial score (nSPS) is 24.7. The maximum Gasteiger partial charge on any atom is 0.196 e. The average molecular weight is 225 g/mol. The van der Waals surface area contributed by atoms with Gasteiger partial charge in [0.05, 0.1) is 7.11 Å². The van der Waals surface area contributed by atoms with Crippen molar-refractivity contribution >= 4 is 0 Å². The number of phenolic OH excluding ortho intramolecular Hbond substituents is 1. The molecule has 1 aromatic rings. The highest BCUT2D eigenvalue weighted by Gasteiger charge is 2.31. The Balaban J connectivity index is 2.43. The van der Waals surface area contributed by atoms with Crippen LogP contribution in [0.15, 0.2) is 12.1 Å². The first-order chi connectivity index (χ1) is 7.57. The van der Waals surface area contributed by atoms with Gasteiger partial charge >= 0.3 is 0 Å². The van der Waals surface area contributed by atoms with E-state index in [4.69, 9.17) is 4.74 Å². The Hall–Kier alpha value is -1.29. The molecule has 0 saturated carbocycles. The Kier molecular flexibility index (Phi) is 2.76. The maximum absolute atomic E-state index is 13.6. The van der Waals surface area contributed by atoms with E-state index in [1.165, 1.54) is 13.2 Å². The van der Waals surface area contributed by atoms with E-state index in [0.29, 0.717) is 0 Å². The van der Waals surface area contributed by atoms with Gasteiger partial charge in [-0.05, 0) is 44.0 Å². The van der Waals surface area contributed by atoms with Crippen LogP contribution in [0.4, 0.5) is 4.39 Å².